The van der Waals surface area contributed by atoms with Crippen molar-refractivity contribution in [1.29, 1.82) is 0 Å². The summed E-state index contributed by atoms with van der Waals surface area (Å²) >= 11 is 5.95. The molecule has 0 fully saturated rings. The van der Waals surface area contributed by atoms with Gasteiger partial charge >= 0.3 is 0 Å². The zero-order chi connectivity index (χ0) is 10.4. The van der Waals surface area contributed by atoms with E-state index in [0.29, 0.717) is 12.8 Å². The summed E-state index contributed by atoms with van der Waals surface area (Å²) < 4.78 is 0. The molecule has 0 aliphatic rings. The van der Waals surface area contributed by atoms with Gasteiger partial charge in [-0.05, 0) is 12.0 Å². The maximum absolute atomic E-state index is 10.1. The Morgan fingerprint density at radius 2 is 2.00 bits per heavy atom. The van der Waals surface area contributed by atoms with Crippen LogP contribution in [-0.2, 0) is 6.42 Å². The van der Waals surface area contributed by atoms with Crippen LogP contribution in [-0.4, -0.2) is 16.8 Å². The fraction of sp³-hybridized carbons (Fsp3) is 0.400. The number of nitrogens with zero attached hydrogens (tertiary/aromatic N) is 1. The van der Waals surface area contributed by atoms with E-state index in [2.05, 4.69) is 0 Å². The highest BCUT2D eigenvalue weighted by Crippen LogP contribution is 2.10. The van der Waals surface area contributed by atoms with E-state index in [4.69, 9.17) is 11.6 Å². The topological polar surface area (TPSA) is 43.1 Å². The van der Waals surface area contributed by atoms with E-state index in [1.807, 2.05) is 30.3 Å². The summed E-state index contributed by atoms with van der Waals surface area (Å²) in [5.41, 5.74) is 1.12. The van der Waals surface area contributed by atoms with Crippen LogP contribution < -0.4 is 0 Å². The molecule has 76 valence electrons. The smallest absolute Gasteiger partial charge is 0.205 e. The molecule has 1 unspecified atom stereocenters. The summed E-state index contributed by atoms with van der Waals surface area (Å²) in [6.07, 6.45) is 1.11. The predicted molar refractivity (Wildman–Crippen MR) is 56.3 cm³/mol. The third-order valence-electron chi connectivity index (χ3n) is 1.92. The molecular weight excluding hydrogens is 202 g/mol. The molecule has 0 aromatic heterocycles. The molecular formula is C10H12ClNO2. The molecule has 0 heterocycles. The maximum Gasteiger partial charge on any atom is 0.205 e. The van der Waals surface area contributed by atoms with Gasteiger partial charge in [0.2, 0.25) is 6.54 Å². The lowest BCUT2D eigenvalue weighted by Crippen LogP contribution is -2.10. The highest BCUT2D eigenvalue weighted by Gasteiger charge is 2.09. The van der Waals surface area contributed by atoms with E-state index < -0.39 is 0 Å². The van der Waals surface area contributed by atoms with Crippen LogP contribution in [0.3, 0.4) is 0 Å². The second-order valence-electron chi connectivity index (χ2n) is 3.13. The normalized spacial score (nSPS) is 12.4. The molecule has 0 radical (unpaired) electrons. The SMILES string of the molecule is O=[N+]([O-])CCC(Cl)Cc1ccccc1. The Bertz CT molecular complexity index is 289. The van der Waals surface area contributed by atoms with Gasteiger partial charge < -0.3 is 0 Å². The molecule has 0 amide bonds. The minimum Gasteiger partial charge on any atom is -0.265 e. The number of alkyl halides is 1. The summed E-state index contributed by atoms with van der Waals surface area (Å²) in [5.74, 6) is 0. The minimum absolute atomic E-state index is 0.0546. The number of rotatable bonds is 5. The first kappa shape index (κ1) is 11.0. The zero-order valence-electron chi connectivity index (χ0n) is 7.73. The third-order valence-corrected chi connectivity index (χ3v) is 2.30. The van der Waals surface area contributed by atoms with Gasteiger partial charge in [0.15, 0.2) is 0 Å². The molecule has 0 saturated heterocycles. The van der Waals surface area contributed by atoms with Gasteiger partial charge in [0.25, 0.3) is 0 Å². The molecule has 0 aliphatic heterocycles. The zero-order valence-corrected chi connectivity index (χ0v) is 8.48. The first-order chi connectivity index (χ1) is 6.68. The van der Waals surface area contributed by atoms with Crippen LogP contribution >= 0.6 is 11.6 Å². The summed E-state index contributed by atoms with van der Waals surface area (Å²) in [7, 11) is 0. The summed E-state index contributed by atoms with van der Waals surface area (Å²) in [5, 5.41) is 9.95. The molecule has 1 atom stereocenters. The summed E-state index contributed by atoms with van der Waals surface area (Å²) in [6, 6.07) is 9.76. The van der Waals surface area contributed by atoms with Gasteiger partial charge in [-0.1, -0.05) is 30.3 Å². The van der Waals surface area contributed by atoms with Crippen molar-refractivity contribution in [1.82, 2.24) is 0 Å². The molecule has 1 aromatic rings. The van der Waals surface area contributed by atoms with E-state index in [1.54, 1.807) is 0 Å². The summed E-state index contributed by atoms with van der Waals surface area (Å²) in [4.78, 5) is 9.77. The first-order valence-corrected chi connectivity index (χ1v) is 4.92. The van der Waals surface area contributed by atoms with Crippen LogP contribution in [0.15, 0.2) is 30.3 Å². The molecule has 0 saturated carbocycles. The van der Waals surface area contributed by atoms with E-state index in [0.717, 1.165) is 5.56 Å². The quantitative estimate of drug-likeness (QED) is 0.429. The maximum atomic E-state index is 10.1. The van der Waals surface area contributed by atoms with E-state index >= 15 is 0 Å². The van der Waals surface area contributed by atoms with Crippen molar-refractivity contribution < 1.29 is 4.92 Å². The largest absolute Gasteiger partial charge is 0.265 e. The van der Waals surface area contributed by atoms with E-state index in [-0.39, 0.29) is 16.8 Å². The molecule has 0 N–H and O–H groups in total. The van der Waals surface area contributed by atoms with Gasteiger partial charge in [-0.3, -0.25) is 10.1 Å². The predicted octanol–water partition coefficient (Wildman–Crippen LogP) is 2.50. The molecule has 1 rings (SSSR count). The minimum atomic E-state index is -0.333. The van der Waals surface area contributed by atoms with Crippen molar-refractivity contribution in [2.75, 3.05) is 6.54 Å². The standard InChI is InChI=1S/C10H12ClNO2/c11-10(6-7-12(13)14)8-9-4-2-1-3-5-9/h1-5,10H,6-8H2. The molecule has 0 aliphatic carbocycles. The highest BCUT2D eigenvalue weighted by molar-refractivity contribution is 6.20. The fourth-order valence-corrected chi connectivity index (χ4v) is 1.49. The monoisotopic (exact) mass is 213 g/mol. The van der Waals surface area contributed by atoms with Crippen LogP contribution in [0.2, 0.25) is 0 Å². The first-order valence-electron chi connectivity index (χ1n) is 4.48. The number of benzene rings is 1. The van der Waals surface area contributed by atoms with Crippen molar-refractivity contribution in [3.8, 4) is 0 Å². The second kappa shape index (κ2) is 5.60. The Morgan fingerprint density at radius 1 is 1.36 bits per heavy atom. The Hall–Kier alpha value is -1.09. The van der Waals surface area contributed by atoms with Gasteiger partial charge in [-0.2, -0.15) is 0 Å². The third kappa shape index (κ3) is 4.23. The van der Waals surface area contributed by atoms with E-state index in [1.165, 1.54) is 0 Å². The Morgan fingerprint density at radius 3 is 2.57 bits per heavy atom. The van der Waals surface area contributed by atoms with Crippen molar-refractivity contribution >= 4 is 11.6 Å². The van der Waals surface area contributed by atoms with Crippen molar-refractivity contribution in [3.05, 3.63) is 46.0 Å². The van der Waals surface area contributed by atoms with Gasteiger partial charge in [0.05, 0.1) is 0 Å². The lowest BCUT2D eigenvalue weighted by molar-refractivity contribution is -0.480. The number of nitro groups is 1. The molecule has 3 nitrogen and oxygen atoms in total. The number of halogens is 1. The van der Waals surface area contributed by atoms with Crippen LogP contribution in [0.5, 0.6) is 0 Å². The molecule has 14 heavy (non-hydrogen) atoms. The fourth-order valence-electron chi connectivity index (χ4n) is 1.22. The Kier molecular flexibility index (Phi) is 4.40. The lowest BCUT2D eigenvalue weighted by Gasteiger charge is -2.06. The molecule has 4 heteroatoms. The second-order valence-corrected chi connectivity index (χ2v) is 3.75. The van der Waals surface area contributed by atoms with Gasteiger partial charge in [0, 0.05) is 16.7 Å². The Labute approximate surface area is 87.8 Å². The van der Waals surface area contributed by atoms with Crippen LogP contribution in [0, 0.1) is 10.1 Å². The van der Waals surface area contributed by atoms with Gasteiger partial charge in [-0.15, -0.1) is 11.6 Å². The highest BCUT2D eigenvalue weighted by atomic mass is 35.5. The molecule has 1 aromatic carbocycles. The van der Waals surface area contributed by atoms with Crippen molar-refractivity contribution in [3.63, 3.8) is 0 Å². The lowest BCUT2D eigenvalue weighted by atomic mass is 10.1. The Balaban J connectivity index is 2.34. The van der Waals surface area contributed by atoms with Crippen molar-refractivity contribution in [2.24, 2.45) is 0 Å². The van der Waals surface area contributed by atoms with Crippen LogP contribution in [0.25, 0.3) is 0 Å². The number of hydrogen-bond acceptors (Lipinski definition) is 2. The van der Waals surface area contributed by atoms with Crippen LogP contribution in [0.1, 0.15) is 12.0 Å². The number of hydrogen-bond donors (Lipinski definition) is 0. The molecule has 0 spiro atoms. The van der Waals surface area contributed by atoms with E-state index in [9.17, 15) is 10.1 Å². The average molecular weight is 214 g/mol. The van der Waals surface area contributed by atoms with Gasteiger partial charge in [0.1, 0.15) is 0 Å². The van der Waals surface area contributed by atoms with Crippen molar-refractivity contribution in [2.45, 2.75) is 18.2 Å². The van der Waals surface area contributed by atoms with Gasteiger partial charge in [-0.25, -0.2) is 0 Å². The van der Waals surface area contributed by atoms with Crippen LogP contribution in [0.4, 0.5) is 0 Å². The summed E-state index contributed by atoms with van der Waals surface area (Å²) in [6.45, 7) is -0.0546. The molecule has 0 bridgehead atoms. The average Bonchev–Trinajstić information content (AvgIpc) is 2.16.